The molecule has 1 unspecified atom stereocenters. The average Bonchev–Trinajstić information content (AvgIpc) is 3.36. The van der Waals surface area contributed by atoms with E-state index in [1.807, 2.05) is 9.80 Å². The molecule has 1 N–H and O–H groups in total. The molecule has 3 aliphatic rings. The van der Waals surface area contributed by atoms with Gasteiger partial charge in [-0.3, -0.25) is 14.5 Å². The molecule has 1 aromatic heterocycles. The number of rotatable bonds is 5. The number of amides is 2. The van der Waals surface area contributed by atoms with E-state index >= 15 is 0 Å². The third-order valence-electron chi connectivity index (χ3n) is 6.32. The molecular formula is C22H31N3O5S. The van der Waals surface area contributed by atoms with Crippen LogP contribution in [0.3, 0.4) is 0 Å². The summed E-state index contributed by atoms with van der Waals surface area (Å²) < 4.78 is 10.5. The monoisotopic (exact) mass is 449 g/mol. The molecule has 3 heterocycles. The summed E-state index contributed by atoms with van der Waals surface area (Å²) >= 11 is 1.51. The number of esters is 1. The van der Waals surface area contributed by atoms with Crippen LogP contribution in [-0.4, -0.2) is 80.1 Å². The largest absolute Gasteiger partial charge is 0.465 e. The number of methoxy groups -OCH3 is 1. The maximum atomic E-state index is 12.8. The van der Waals surface area contributed by atoms with Gasteiger partial charge in [-0.15, -0.1) is 11.3 Å². The maximum absolute atomic E-state index is 12.8. The van der Waals surface area contributed by atoms with E-state index in [1.54, 1.807) is 0 Å². The SMILES string of the molecule is COC(=O)c1c(NC(=O)CN2CCN(C(=O)C3CCCO3)CC2)sc2c1CCCCC2. The lowest BCUT2D eigenvalue weighted by atomic mass is 10.1. The van der Waals surface area contributed by atoms with E-state index in [9.17, 15) is 14.4 Å². The van der Waals surface area contributed by atoms with Crippen LogP contribution in [0.5, 0.6) is 0 Å². The topological polar surface area (TPSA) is 88.2 Å². The molecule has 2 fully saturated rings. The molecule has 0 radical (unpaired) electrons. The van der Waals surface area contributed by atoms with Crippen molar-refractivity contribution in [3.63, 3.8) is 0 Å². The summed E-state index contributed by atoms with van der Waals surface area (Å²) in [6.45, 7) is 3.41. The summed E-state index contributed by atoms with van der Waals surface area (Å²) in [7, 11) is 1.38. The molecule has 0 spiro atoms. The van der Waals surface area contributed by atoms with Gasteiger partial charge >= 0.3 is 5.97 Å². The van der Waals surface area contributed by atoms with Crippen molar-refractivity contribution in [3.05, 3.63) is 16.0 Å². The molecule has 8 nitrogen and oxygen atoms in total. The zero-order valence-electron chi connectivity index (χ0n) is 18.1. The predicted octanol–water partition coefficient (Wildman–Crippen LogP) is 2.07. The highest BCUT2D eigenvalue weighted by Crippen LogP contribution is 2.38. The molecule has 4 rings (SSSR count). The Morgan fingerprint density at radius 3 is 2.58 bits per heavy atom. The van der Waals surface area contributed by atoms with Gasteiger partial charge in [0.2, 0.25) is 5.91 Å². The number of carbonyl (C=O) groups excluding carboxylic acids is 3. The fraction of sp³-hybridized carbons (Fsp3) is 0.682. The Labute approximate surface area is 186 Å². The van der Waals surface area contributed by atoms with E-state index in [-0.39, 0.29) is 30.4 Å². The Morgan fingerprint density at radius 1 is 1.10 bits per heavy atom. The summed E-state index contributed by atoms with van der Waals surface area (Å²) in [6.07, 6.45) is 6.57. The smallest absolute Gasteiger partial charge is 0.341 e. The first-order valence-electron chi connectivity index (χ1n) is 11.2. The fourth-order valence-corrected chi connectivity index (χ4v) is 5.91. The number of carbonyl (C=O) groups is 3. The average molecular weight is 450 g/mol. The fourth-order valence-electron chi connectivity index (χ4n) is 4.62. The Kier molecular flexibility index (Phi) is 7.24. The van der Waals surface area contributed by atoms with Gasteiger partial charge in [0.15, 0.2) is 0 Å². The Morgan fingerprint density at radius 2 is 1.87 bits per heavy atom. The molecule has 1 atom stereocenters. The first kappa shape index (κ1) is 22.2. The number of piperazine rings is 1. The number of ether oxygens (including phenoxy) is 2. The summed E-state index contributed by atoms with van der Waals surface area (Å²) in [5.41, 5.74) is 1.58. The molecular weight excluding hydrogens is 418 g/mol. The van der Waals surface area contributed by atoms with E-state index in [0.717, 1.165) is 50.5 Å². The van der Waals surface area contributed by atoms with E-state index in [4.69, 9.17) is 9.47 Å². The third kappa shape index (κ3) is 5.10. The highest BCUT2D eigenvalue weighted by Gasteiger charge is 2.31. The van der Waals surface area contributed by atoms with Gasteiger partial charge in [0, 0.05) is 37.7 Å². The normalized spacial score (nSPS) is 22.0. The second kappa shape index (κ2) is 10.1. The van der Waals surface area contributed by atoms with Crippen molar-refractivity contribution in [3.8, 4) is 0 Å². The van der Waals surface area contributed by atoms with Crippen LogP contribution < -0.4 is 5.32 Å². The van der Waals surface area contributed by atoms with Crippen LogP contribution in [0.4, 0.5) is 5.00 Å². The molecule has 2 amide bonds. The molecule has 0 saturated carbocycles. The van der Waals surface area contributed by atoms with Gasteiger partial charge in [-0.1, -0.05) is 6.42 Å². The minimum atomic E-state index is -0.379. The molecule has 0 bridgehead atoms. The molecule has 170 valence electrons. The van der Waals surface area contributed by atoms with Crippen molar-refractivity contribution in [1.29, 1.82) is 0 Å². The van der Waals surface area contributed by atoms with E-state index in [2.05, 4.69) is 5.32 Å². The number of hydrogen-bond acceptors (Lipinski definition) is 7. The molecule has 0 aromatic carbocycles. The quantitative estimate of drug-likeness (QED) is 0.547. The van der Waals surface area contributed by atoms with Gasteiger partial charge in [-0.05, 0) is 44.1 Å². The number of aryl methyl sites for hydroxylation is 1. The van der Waals surface area contributed by atoms with E-state index < -0.39 is 0 Å². The molecule has 1 aliphatic carbocycles. The van der Waals surface area contributed by atoms with Crippen LogP contribution in [0.15, 0.2) is 0 Å². The number of anilines is 1. The minimum Gasteiger partial charge on any atom is -0.465 e. The first-order valence-corrected chi connectivity index (χ1v) is 12.0. The van der Waals surface area contributed by atoms with Gasteiger partial charge in [0.05, 0.1) is 19.2 Å². The van der Waals surface area contributed by atoms with E-state index in [0.29, 0.717) is 43.4 Å². The standard InChI is InChI=1S/C22H31N3O5S/c1-29-22(28)19-15-6-3-2-4-8-17(15)31-20(19)23-18(26)14-24-9-11-25(12-10-24)21(27)16-7-5-13-30-16/h16H,2-14H2,1H3,(H,23,26). The number of fused-ring (bicyclic) bond motifs is 1. The van der Waals surface area contributed by atoms with Gasteiger partial charge < -0.3 is 19.7 Å². The van der Waals surface area contributed by atoms with Crippen LogP contribution in [0.2, 0.25) is 0 Å². The lowest BCUT2D eigenvalue weighted by Gasteiger charge is -2.35. The summed E-state index contributed by atoms with van der Waals surface area (Å²) in [4.78, 5) is 42.7. The lowest BCUT2D eigenvalue weighted by molar-refractivity contribution is -0.142. The van der Waals surface area contributed by atoms with E-state index in [1.165, 1.54) is 23.3 Å². The van der Waals surface area contributed by atoms with Gasteiger partial charge in [-0.25, -0.2) is 4.79 Å². The predicted molar refractivity (Wildman–Crippen MR) is 118 cm³/mol. The summed E-state index contributed by atoms with van der Waals surface area (Å²) in [6, 6.07) is 0. The summed E-state index contributed by atoms with van der Waals surface area (Å²) in [5, 5.41) is 3.57. The second-order valence-corrected chi connectivity index (χ2v) is 9.52. The van der Waals surface area contributed by atoms with Gasteiger partial charge in [0.1, 0.15) is 11.1 Å². The second-order valence-electron chi connectivity index (χ2n) is 8.41. The lowest BCUT2D eigenvalue weighted by Crippen LogP contribution is -2.52. The molecule has 31 heavy (non-hydrogen) atoms. The van der Waals surface area contributed by atoms with Crippen LogP contribution in [-0.2, 0) is 31.9 Å². The number of hydrogen-bond donors (Lipinski definition) is 1. The van der Waals surface area contributed by atoms with Crippen molar-refractivity contribution >= 4 is 34.1 Å². The Bertz CT molecular complexity index is 825. The first-order chi connectivity index (χ1) is 15.1. The number of thiophene rings is 1. The van der Waals surface area contributed by atoms with Gasteiger partial charge in [0.25, 0.3) is 5.91 Å². The van der Waals surface area contributed by atoms with Crippen LogP contribution >= 0.6 is 11.3 Å². The molecule has 2 saturated heterocycles. The van der Waals surface area contributed by atoms with Crippen LogP contribution in [0.25, 0.3) is 0 Å². The molecule has 2 aliphatic heterocycles. The Balaban J connectivity index is 1.34. The maximum Gasteiger partial charge on any atom is 0.341 e. The Hall–Kier alpha value is -1.97. The van der Waals surface area contributed by atoms with Crippen molar-refractivity contribution in [2.24, 2.45) is 0 Å². The van der Waals surface area contributed by atoms with Crippen LogP contribution in [0.1, 0.15) is 52.9 Å². The number of nitrogens with one attached hydrogen (secondary N) is 1. The van der Waals surface area contributed by atoms with Crippen molar-refractivity contribution in [2.75, 3.05) is 51.8 Å². The minimum absolute atomic E-state index is 0.0735. The zero-order valence-corrected chi connectivity index (χ0v) is 18.9. The summed E-state index contributed by atoms with van der Waals surface area (Å²) in [5.74, 6) is -0.444. The highest BCUT2D eigenvalue weighted by atomic mass is 32.1. The number of nitrogens with zero attached hydrogens (tertiary/aromatic N) is 2. The van der Waals surface area contributed by atoms with Gasteiger partial charge in [-0.2, -0.15) is 0 Å². The molecule has 1 aromatic rings. The highest BCUT2D eigenvalue weighted by molar-refractivity contribution is 7.17. The zero-order chi connectivity index (χ0) is 21.8. The molecule has 9 heteroatoms. The van der Waals surface area contributed by atoms with Crippen molar-refractivity contribution in [2.45, 2.75) is 51.0 Å². The third-order valence-corrected chi connectivity index (χ3v) is 7.53. The van der Waals surface area contributed by atoms with Crippen molar-refractivity contribution < 1.29 is 23.9 Å². The van der Waals surface area contributed by atoms with Crippen molar-refractivity contribution in [1.82, 2.24) is 9.80 Å². The van der Waals surface area contributed by atoms with Crippen LogP contribution in [0, 0.1) is 0 Å².